The molecule has 0 aliphatic carbocycles. The lowest BCUT2D eigenvalue weighted by atomic mass is 10.0. The third-order valence-corrected chi connectivity index (χ3v) is 3.95. The molecule has 1 atom stereocenters. The minimum Gasteiger partial charge on any atom is -0.457 e. The summed E-state index contributed by atoms with van der Waals surface area (Å²) < 4.78 is 24.0. The molecule has 5 heteroatoms. The van der Waals surface area contributed by atoms with Gasteiger partial charge >= 0.3 is 5.97 Å². The van der Waals surface area contributed by atoms with Gasteiger partial charge in [0.1, 0.15) is 12.4 Å². The minimum absolute atomic E-state index is 0.117. The van der Waals surface area contributed by atoms with Gasteiger partial charge in [0, 0.05) is 6.21 Å². The molecule has 0 heterocycles. The van der Waals surface area contributed by atoms with Gasteiger partial charge in [0.05, 0.1) is 11.3 Å². The van der Waals surface area contributed by atoms with Crippen molar-refractivity contribution < 1.29 is 18.7 Å². The number of carbonyl (C=O) groups excluding carboxylic acids is 1. The van der Waals surface area contributed by atoms with Crippen LogP contribution in [-0.2, 0) is 11.3 Å². The van der Waals surface area contributed by atoms with Gasteiger partial charge in [0.15, 0.2) is 0 Å². The van der Waals surface area contributed by atoms with Crippen LogP contribution in [0.2, 0.25) is 0 Å². The summed E-state index contributed by atoms with van der Waals surface area (Å²) in [6.45, 7) is 10.8. The number of aryl methyl sites for hydroxylation is 2. The number of alkyl halides is 1. The number of carbonyl (C=O) groups is 1. The van der Waals surface area contributed by atoms with Gasteiger partial charge in [0.2, 0.25) is 0 Å². The second kappa shape index (κ2) is 9.12. The number of hydrogen-bond donors (Lipinski definition) is 0. The van der Waals surface area contributed by atoms with E-state index in [1.165, 1.54) is 0 Å². The molecule has 0 saturated carbocycles. The summed E-state index contributed by atoms with van der Waals surface area (Å²) in [6, 6.07) is 10.4. The molecule has 142 valence electrons. The highest BCUT2D eigenvalue weighted by Gasteiger charge is 2.13. The summed E-state index contributed by atoms with van der Waals surface area (Å²) in [5.41, 5.74) is 4.15. The van der Waals surface area contributed by atoms with Crippen molar-refractivity contribution in [2.45, 2.75) is 40.7 Å². The maximum Gasteiger partial charge on any atom is 0.338 e. The number of aliphatic imine (C=N–C) groups is 1. The molecule has 2 aromatic rings. The molecule has 4 nitrogen and oxygen atoms in total. The Morgan fingerprint density at radius 3 is 2.48 bits per heavy atom. The standard InChI is InChI=1S/C22H24FNO3/c1-6-24-20-12-15(4)19(11-16(20)5)22(25)26-13-17-7-9-18(10-8-17)27-21(23)14(2)3/h6-12,21H,2,13H2,1,3-5H3. The second-order valence-electron chi connectivity index (χ2n) is 6.34. The summed E-state index contributed by atoms with van der Waals surface area (Å²) in [6.07, 6.45) is 0.175. The quantitative estimate of drug-likeness (QED) is 0.361. The Morgan fingerprint density at radius 2 is 1.89 bits per heavy atom. The molecule has 0 amide bonds. The average molecular weight is 369 g/mol. The highest BCUT2D eigenvalue weighted by atomic mass is 19.1. The lowest BCUT2D eigenvalue weighted by molar-refractivity contribution is 0.0471. The molecule has 0 aromatic heterocycles. The van der Waals surface area contributed by atoms with Crippen LogP contribution in [0.15, 0.2) is 53.5 Å². The Morgan fingerprint density at radius 1 is 1.22 bits per heavy atom. The van der Waals surface area contributed by atoms with E-state index in [-0.39, 0.29) is 6.61 Å². The highest BCUT2D eigenvalue weighted by Crippen LogP contribution is 2.24. The predicted molar refractivity (Wildman–Crippen MR) is 106 cm³/mol. The number of ether oxygens (including phenoxy) is 2. The van der Waals surface area contributed by atoms with Crippen molar-refractivity contribution in [3.63, 3.8) is 0 Å². The summed E-state index contributed by atoms with van der Waals surface area (Å²) >= 11 is 0. The van der Waals surface area contributed by atoms with E-state index in [4.69, 9.17) is 9.47 Å². The molecule has 0 aliphatic heterocycles. The zero-order chi connectivity index (χ0) is 20.0. The van der Waals surface area contributed by atoms with Crippen LogP contribution in [0.4, 0.5) is 10.1 Å². The smallest absolute Gasteiger partial charge is 0.338 e. The van der Waals surface area contributed by atoms with Crippen molar-refractivity contribution in [2.75, 3.05) is 0 Å². The van der Waals surface area contributed by atoms with E-state index in [2.05, 4.69) is 11.6 Å². The van der Waals surface area contributed by atoms with Crippen LogP contribution in [-0.4, -0.2) is 18.5 Å². The van der Waals surface area contributed by atoms with Crippen LogP contribution in [0, 0.1) is 13.8 Å². The SMILES string of the molecule is C=C(C)C(F)Oc1ccc(COC(=O)c2cc(C)c(N=CC)cc2C)cc1. The summed E-state index contributed by atoms with van der Waals surface area (Å²) in [4.78, 5) is 16.7. The largest absolute Gasteiger partial charge is 0.457 e. The zero-order valence-corrected chi connectivity index (χ0v) is 16.1. The minimum atomic E-state index is -1.54. The van der Waals surface area contributed by atoms with E-state index in [1.807, 2.05) is 26.8 Å². The number of esters is 1. The van der Waals surface area contributed by atoms with Crippen molar-refractivity contribution in [2.24, 2.45) is 4.99 Å². The summed E-state index contributed by atoms with van der Waals surface area (Å²) in [7, 11) is 0. The van der Waals surface area contributed by atoms with Crippen molar-refractivity contribution in [3.8, 4) is 5.75 Å². The third kappa shape index (κ3) is 5.51. The number of nitrogens with zero attached hydrogens (tertiary/aromatic N) is 1. The maximum atomic E-state index is 13.5. The van der Waals surface area contributed by atoms with Gasteiger partial charge in [-0.3, -0.25) is 4.99 Å². The van der Waals surface area contributed by atoms with Crippen molar-refractivity contribution in [3.05, 3.63) is 70.8 Å². The van der Waals surface area contributed by atoms with Gasteiger partial charge in [-0.1, -0.05) is 18.7 Å². The summed E-state index contributed by atoms with van der Waals surface area (Å²) in [5.74, 6) is -0.00632. The van der Waals surface area contributed by atoms with Gasteiger partial charge in [-0.05, 0) is 74.2 Å². The maximum absolute atomic E-state index is 13.5. The first kappa shape index (κ1) is 20.4. The predicted octanol–water partition coefficient (Wildman–Crippen LogP) is 5.63. The highest BCUT2D eigenvalue weighted by molar-refractivity contribution is 5.92. The molecule has 0 aliphatic rings. The molecular weight excluding hydrogens is 345 g/mol. The van der Waals surface area contributed by atoms with Crippen LogP contribution < -0.4 is 4.74 Å². The monoisotopic (exact) mass is 369 g/mol. The molecular formula is C22H24FNO3. The van der Waals surface area contributed by atoms with Gasteiger partial charge in [0.25, 0.3) is 6.36 Å². The van der Waals surface area contributed by atoms with Gasteiger partial charge in [-0.25, -0.2) is 4.79 Å². The third-order valence-electron chi connectivity index (χ3n) is 3.95. The first-order chi connectivity index (χ1) is 12.8. The number of hydrogen-bond acceptors (Lipinski definition) is 4. The number of benzene rings is 2. The molecule has 0 radical (unpaired) electrons. The Hall–Kier alpha value is -2.95. The normalized spacial score (nSPS) is 12.0. The Balaban J connectivity index is 2.01. The van der Waals surface area contributed by atoms with Crippen LogP contribution in [0.1, 0.15) is 40.9 Å². The molecule has 2 rings (SSSR count). The molecule has 0 saturated heterocycles. The summed E-state index contributed by atoms with van der Waals surface area (Å²) in [5, 5.41) is 0. The van der Waals surface area contributed by atoms with Gasteiger partial charge < -0.3 is 9.47 Å². The Labute approximate surface area is 159 Å². The molecule has 2 aromatic carbocycles. The average Bonchev–Trinajstić information content (AvgIpc) is 2.63. The lowest BCUT2D eigenvalue weighted by Gasteiger charge is -2.12. The van der Waals surface area contributed by atoms with E-state index in [1.54, 1.807) is 43.5 Å². The van der Waals surface area contributed by atoms with Crippen LogP contribution in [0.25, 0.3) is 0 Å². The van der Waals surface area contributed by atoms with Crippen LogP contribution >= 0.6 is 0 Å². The van der Waals surface area contributed by atoms with E-state index >= 15 is 0 Å². The van der Waals surface area contributed by atoms with Crippen LogP contribution in [0.5, 0.6) is 5.75 Å². The molecule has 1 unspecified atom stereocenters. The van der Waals surface area contributed by atoms with E-state index in [0.29, 0.717) is 16.9 Å². The van der Waals surface area contributed by atoms with Gasteiger partial charge in [-0.2, -0.15) is 4.39 Å². The molecule has 0 spiro atoms. The topological polar surface area (TPSA) is 47.9 Å². The van der Waals surface area contributed by atoms with Crippen LogP contribution in [0.3, 0.4) is 0 Å². The molecule has 0 bridgehead atoms. The van der Waals surface area contributed by atoms with Crippen molar-refractivity contribution in [1.82, 2.24) is 0 Å². The molecule has 0 N–H and O–H groups in total. The number of rotatable bonds is 7. The fourth-order valence-electron chi connectivity index (χ4n) is 2.41. The molecule has 0 fully saturated rings. The second-order valence-corrected chi connectivity index (χ2v) is 6.34. The van der Waals surface area contributed by atoms with Gasteiger partial charge in [-0.15, -0.1) is 0 Å². The first-order valence-corrected chi connectivity index (χ1v) is 8.64. The first-order valence-electron chi connectivity index (χ1n) is 8.64. The number of halogens is 1. The van der Waals surface area contributed by atoms with E-state index < -0.39 is 12.3 Å². The zero-order valence-electron chi connectivity index (χ0n) is 16.1. The van der Waals surface area contributed by atoms with Crippen molar-refractivity contribution in [1.29, 1.82) is 0 Å². The van der Waals surface area contributed by atoms with Crippen molar-refractivity contribution >= 4 is 17.9 Å². The Bertz CT molecular complexity index is 857. The van der Waals surface area contributed by atoms with E-state index in [9.17, 15) is 9.18 Å². The fourth-order valence-corrected chi connectivity index (χ4v) is 2.41. The molecule has 27 heavy (non-hydrogen) atoms. The lowest BCUT2D eigenvalue weighted by Crippen LogP contribution is -2.10. The Kier molecular flexibility index (Phi) is 6.88. The fraction of sp³-hybridized carbons (Fsp3) is 0.273. The van der Waals surface area contributed by atoms with E-state index in [0.717, 1.165) is 22.4 Å².